The number of nitrogens with zero attached hydrogens (tertiary/aromatic N) is 2. The molecule has 0 spiro atoms. The van der Waals surface area contributed by atoms with E-state index in [1.165, 1.54) is 11.1 Å². The van der Waals surface area contributed by atoms with Crippen molar-refractivity contribution in [3.05, 3.63) is 64.8 Å². The van der Waals surface area contributed by atoms with Crippen LogP contribution in [0.1, 0.15) is 22.4 Å². The number of rotatable bonds is 5. The first kappa shape index (κ1) is 17.7. The highest BCUT2D eigenvalue weighted by atomic mass is 16.5. The lowest BCUT2D eigenvalue weighted by Gasteiger charge is -2.13. The number of methoxy groups -OCH3 is 1. The minimum absolute atomic E-state index is 0.559. The van der Waals surface area contributed by atoms with Gasteiger partial charge in [0.05, 0.1) is 12.8 Å². The SMILES string of the molecule is COc1ccc(C)cc1Nc1cc(C)nc(Nc2cc(C)cc(C)c2)n1. The number of anilines is 4. The Kier molecular flexibility index (Phi) is 5.07. The van der Waals surface area contributed by atoms with Crippen LogP contribution in [0, 0.1) is 27.7 Å². The predicted molar refractivity (Wildman–Crippen MR) is 107 cm³/mol. The van der Waals surface area contributed by atoms with E-state index in [1.54, 1.807) is 7.11 Å². The topological polar surface area (TPSA) is 59.1 Å². The molecule has 0 radical (unpaired) electrons. The Morgan fingerprint density at radius 1 is 0.769 bits per heavy atom. The molecule has 0 bridgehead atoms. The zero-order valence-corrected chi connectivity index (χ0v) is 15.8. The van der Waals surface area contributed by atoms with Crippen molar-refractivity contribution in [2.45, 2.75) is 27.7 Å². The lowest BCUT2D eigenvalue weighted by atomic mass is 10.1. The van der Waals surface area contributed by atoms with E-state index in [9.17, 15) is 0 Å². The molecule has 26 heavy (non-hydrogen) atoms. The maximum Gasteiger partial charge on any atom is 0.229 e. The third-order valence-corrected chi connectivity index (χ3v) is 3.95. The van der Waals surface area contributed by atoms with Gasteiger partial charge in [-0.3, -0.25) is 0 Å². The third kappa shape index (κ3) is 4.30. The summed E-state index contributed by atoms with van der Waals surface area (Å²) in [6.07, 6.45) is 0. The Balaban J connectivity index is 1.89. The van der Waals surface area contributed by atoms with E-state index in [-0.39, 0.29) is 0 Å². The van der Waals surface area contributed by atoms with Crippen molar-refractivity contribution in [2.75, 3.05) is 17.7 Å². The maximum atomic E-state index is 5.43. The monoisotopic (exact) mass is 348 g/mol. The van der Waals surface area contributed by atoms with E-state index in [0.717, 1.165) is 28.4 Å². The second kappa shape index (κ2) is 7.44. The molecule has 0 saturated heterocycles. The minimum atomic E-state index is 0.559. The van der Waals surface area contributed by atoms with Crippen molar-refractivity contribution in [1.29, 1.82) is 0 Å². The molecule has 0 unspecified atom stereocenters. The van der Waals surface area contributed by atoms with Crippen molar-refractivity contribution < 1.29 is 4.74 Å². The maximum absolute atomic E-state index is 5.43. The number of aryl methyl sites for hydroxylation is 4. The molecule has 2 aromatic carbocycles. The smallest absolute Gasteiger partial charge is 0.229 e. The van der Waals surface area contributed by atoms with E-state index in [1.807, 2.05) is 38.1 Å². The Morgan fingerprint density at radius 3 is 2.19 bits per heavy atom. The Labute approximate surface area is 154 Å². The molecule has 0 atom stereocenters. The molecule has 5 nitrogen and oxygen atoms in total. The second-order valence-corrected chi connectivity index (χ2v) is 6.55. The average Bonchev–Trinajstić information content (AvgIpc) is 2.53. The molecule has 0 saturated carbocycles. The minimum Gasteiger partial charge on any atom is -0.495 e. The van der Waals surface area contributed by atoms with Crippen LogP contribution in [0.2, 0.25) is 0 Å². The van der Waals surface area contributed by atoms with Gasteiger partial charge in [-0.2, -0.15) is 4.98 Å². The largest absolute Gasteiger partial charge is 0.495 e. The van der Waals surface area contributed by atoms with Gasteiger partial charge in [-0.1, -0.05) is 12.1 Å². The van der Waals surface area contributed by atoms with Crippen LogP contribution in [0.15, 0.2) is 42.5 Å². The highest BCUT2D eigenvalue weighted by molar-refractivity contribution is 5.66. The molecule has 0 amide bonds. The van der Waals surface area contributed by atoms with Gasteiger partial charge in [0, 0.05) is 17.4 Å². The van der Waals surface area contributed by atoms with Gasteiger partial charge in [-0.15, -0.1) is 0 Å². The van der Waals surface area contributed by atoms with Gasteiger partial charge in [-0.25, -0.2) is 4.98 Å². The first-order valence-electron chi connectivity index (χ1n) is 8.55. The molecule has 0 fully saturated rings. The van der Waals surface area contributed by atoms with Gasteiger partial charge in [0.15, 0.2) is 0 Å². The number of hydrogen-bond donors (Lipinski definition) is 2. The van der Waals surface area contributed by atoms with Crippen LogP contribution in [0.5, 0.6) is 5.75 Å². The number of ether oxygens (including phenoxy) is 1. The van der Waals surface area contributed by atoms with Crippen LogP contribution in [-0.4, -0.2) is 17.1 Å². The summed E-state index contributed by atoms with van der Waals surface area (Å²) < 4.78 is 5.43. The van der Waals surface area contributed by atoms with Gasteiger partial charge < -0.3 is 15.4 Å². The number of hydrogen-bond acceptors (Lipinski definition) is 5. The summed E-state index contributed by atoms with van der Waals surface area (Å²) in [5, 5.41) is 6.64. The Morgan fingerprint density at radius 2 is 1.50 bits per heavy atom. The molecule has 1 heterocycles. The number of aromatic nitrogens is 2. The fourth-order valence-corrected chi connectivity index (χ4v) is 2.92. The van der Waals surface area contributed by atoms with Crippen molar-refractivity contribution in [1.82, 2.24) is 9.97 Å². The summed E-state index contributed by atoms with van der Waals surface area (Å²) in [6, 6.07) is 14.2. The quantitative estimate of drug-likeness (QED) is 0.663. The molecule has 1 aromatic heterocycles. The second-order valence-electron chi connectivity index (χ2n) is 6.55. The fraction of sp³-hybridized carbons (Fsp3) is 0.238. The molecule has 3 rings (SSSR count). The zero-order valence-electron chi connectivity index (χ0n) is 15.8. The first-order chi connectivity index (χ1) is 12.4. The Bertz CT molecular complexity index is 917. The molecule has 0 aliphatic rings. The number of nitrogens with one attached hydrogen (secondary N) is 2. The molecule has 0 aliphatic heterocycles. The summed E-state index contributed by atoms with van der Waals surface area (Å²) in [5.74, 6) is 2.05. The average molecular weight is 348 g/mol. The third-order valence-electron chi connectivity index (χ3n) is 3.95. The molecule has 134 valence electrons. The van der Waals surface area contributed by atoms with Gasteiger partial charge in [0.25, 0.3) is 0 Å². The van der Waals surface area contributed by atoms with Crippen LogP contribution < -0.4 is 15.4 Å². The lowest BCUT2D eigenvalue weighted by molar-refractivity contribution is 0.416. The van der Waals surface area contributed by atoms with Crippen molar-refractivity contribution in [3.8, 4) is 5.75 Å². The highest BCUT2D eigenvalue weighted by Gasteiger charge is 2.08. The molecule has 0 aliphatic carbocycles. The summed E-state index contributed by atoms with van der Waals surface area (Å²) in [4.78, 5) is 9.10. The summed E-state index contributed by atoms with van der Waals surface area (Å²) >= 11 is 0. The van der Waals surface area contributed by atoms with Crippen molar-refractivity contribution >= 4 is 23.1 Å². The van der Waals surface area contributed by atoms with Gasteiger partial charge in [-0.05, 0) is 68.7 Å². The summed E-state index contributed by atoms with van der Waals surface area (Å²) in [7, 11) is 1.66. The van der Waals surface area contributed by atoms with Crippen LogP contribution in [0.4, 0.5) is 23.1 Å². The van der Waals surface area contributed by atoms with E-state index < -0.39 is 0 Å². The van der Waals surface area contributed by atoms with E-state index in [4.69, 9.17) is 4.74 Å². The van der Waals surface area contributed by atoms with Crippen LogP contribution in [-0.2, 0) is 0 Å². The standard InChI is InChI=1S/C21H24N4O/c1-13-6-7-19(26-5)18(11-13)24-20-12-16(4)22-21(25-20)23-17-9-14(2)8-15(3)10-17/h6-12H,1-5H3,(H2,22,23,24,25). The van der Waals surface area contributed by atoms with Gasteiger partial charge >= 0.3 is 0 Å². The summed E-state index contributed by atoms with van der Waals surface area (Å²) in [6.45, 7) is 8.15. The molecule has 3 aromatic rings. The van der Waals surface area contributed by atoms with E-state index in [0.29, 0.717) is 11.8 Å². The van der Waals surface area contributed by atoms with Crippen LogP contribution in [0.3, 0.4) is 0 Å². The van der Waals surface area contributed by atoms with E-state index >= 15 is 0 Å². The number of benzene rings is 2. The zero-order chi connectivity index (χ0) is 18.7. The fourth-order valence-electron chi connectivity index (χ4n) is 2.92. The lowest BCUT2D eigenvalue weighted by Crippen LogP contribution is -2.03. The van der Waals surface area contributed by atoms with Crippen molar-refractivity contribution in [2.24, 2.45) is 0 Å². The molecular weight excluding hydrogens is 324 g/mol. The van der Waals surface area contributed by atoms with Crippen molar-refractivity contribution in [3.63, 3.8) is 0 Å². The Hall–Kier alpha value is -3.08. The van der Waals surface area contributed by atoms with Gasteiger partial charge in [0.2, 0.25) is 5.95 Å². The summed E-state index contributed by atoms with van der Waals surface area (Å²) in [5.41, 5.74) is 6.27. The van der Waals surface area contributed by atoms with Crippen LogP contribution >= 0.6 is 0 Å². The van der Waals surface area contributed by atoms with Gasteiger partial charge in [0.1, 0.15) is 11.6 Å². The normalized spacial score (nSPS) is 10.5. The first-order valence-corrected chi connectivity index (χ1v) is 8.55. The molecule has 2 N–H and O–H groups in total. The molecule has 5 heteroatoms. The highest BCUT2D eigenvalue weighted by Crippen LogP contribution is 2.28. The molecular formula is C21H24N4O. The van der Waals surface area contributed by atoms with E-state index in [2.05, 4.69) is 52.6 Å². The predicted octanol–water partition coefficient (Wildman–Crippen LogP) is 5.21. The van der Waals surface area contributed by atoms with Crippen LogP contribution in [0.25, 0.3) is 0 Å².